The fourth-order valence-electron chi connectivity index (χ4n) is 4.84. The molecule has 2 heterocycles. The number of fused-ring (bicyclic) bond motifs is 3. The first-order valence-electron chi connectivity index (χ1n) is 13.6. The third kappa shape index (κ3) is 8.71. The van der Waals surface area contributed by atoms with Crippen LogP contribution in [0.25, 0.3) is 16.6 Å². The van der Waals surface area contributed by atoms with Crippen LogP contribution in [0.15, 0.2) is 12.1 Å². The number of aromatic nitrogens is 1. The Hall–Kier alpha value is -3.08. The van der Waals surface area contributed by atoms with Gasteiger partial charge in [-0.15, -0.1) is 0 Å². The van der Waals surface area contributed by atoms with Gasteiger partial charge in [-0.05, 0) is 18.9 Å². The number of aliphatic hydroxyl groups excluding tert-OH is 1. The smallest absolute Gasteiger partial charge is 0.303 e. The SMILES string of the molecule is N/C(=C\C=[NH+]CC(=O)NCCCCCCCCCC(=O)O)c1cc(Cl)c(Cl)c2[nH]c3c(c12)CN(C(=O)CO)CC3. The third-order valence-corrected chi connectivity index (χ3v) is 7.76. The Kier molecular flexibility index (Phi) is 12.3. The van der Waals surface area contributed by atoms with Crippen molar-refractivity contribution in [1.82, 2.24) is 15.2 Å². The van der Waals surface area contributed by atoms with E-state index in [1.165, 1.54) is 0 Å². The molecular weight excluding hydrogens is 557 g/mol. The second-order valence-electron chi connectivity index (χ2n) is 9.91. The van der Waals surface area contributed by atoms with Crippen molar-refractivity contribution >= 4 is 63.8 Å². The highest BCUT2D eigenvalue weighted by molar-refractivity contribution is 6.45. The molecule has 2 aromatic rings. The number of halogens is 2. The van der Waals surface area contributed by atoms with Gasteiger partial charge in [0.2, 0.25) is 12.5 Å². The monoisotopic (exact) mass is 594 g/mol. The molecule has 0 saturated carbocycles. The van der Waals surface area contributed by atoms with Gasteiger partial charge in [0, 0.05) is 66.5 Å². The molecule has 0 atom stereocenters. The number of carboxylic acid groups (broad SMARTS) is 1. The lowest BCUT2D eigenvalue weighted by molar-refractivity contribution is -0.437. The minimum atomic E-state index is -0.739. The molecule has 40 heavy (non-hydrogen) atoms. The maximum Gasteiger partial charge on any atom is 0.303 e. The number of unbranched alkanes of at least 4 members (excludes halogenated alkanes) is 6. The van der Waals surface area contributed by atoms with Crippen molar-refractivity contribution < 1.29 is 29.6 Å². The van der Waals surface area contributed by atoms with Crippen molar-refractivity contribution in [3.63, 3.8) is 0 Å². The Balaban J connectivity index is 1.51. The number of carbonyl (C=O) groups excluding carboxylic acids is 2. The Morgan fingerprint density at radius 3 is 2.52 bits per heavy atom. The highest BCUT2D eigenvalue weighted by Gasteiger charge is 2.27. The largest absolute Gasteiger partial charge is 0.481 e. The van der Waals surface area contributed by atoms with Crippen molar-refractivity contribution in [2.75, 3.05) is 26.2 Å². The number of carboxylic acids is 1. The predicted octanol–water partition coefficient (Wildman–Crippen LogP) is 2.12. The number of amides is 2. The van der Waals surface area contributed by atoms with E-state index in [9.17, 15) is 19.5 Å². The summed E-state index contributed by atoms with van der Waals surface area (Å²) in [4.78, 5) is 42.6. The first-order chi connectivity index (χ1) is 19.2. The molecule has 7 N–H and O–H groups in total. The van der Waals surface area contributed by atoms with E-state index < -0.39 is 12.6 Å². The maximum absolute atomic E-state index is 12.1. The molecule has 218 valence electrons. The van der Waals surface area contributed by atoms with Gasteiger partial charge < -0.3 is 31.1 Å². The first-order valence-corrected chi connectivity index (χ1v) is 14.4. The minimum absolute atomic E-state index is 0.0991. The van der Waals surface area contributed by atoms with Gasteiger partial charge in [0.15, 0.2) is 6.21 Å². The second-order valence-corrected chi connectivity index (χ2v) is 10.7. The van der Waals surface area contributed by atoms with Crippen LogP contribution >= 0.6 is 23.2 Å². The number of rotatable bonds is 15. The Morgan fingerprint density at radius 2 is 1.82 bits per heavy atom. The number of aliphatic hydroxyl groups is 1. The van der Waals surface area contributed by atoms with Crippen LogP contribution in [0.1, 0.15) is 68.2 Å². The van der Waals surface area contributed by atoms with E-state index >= 15 is 0 Å². The van der Waals surface area contributed by atoms with Crippen LogP contribution in [0.3, 0.4) is 0 Å². The molecule has 12 heteroatoms. The number of hydrogen-bond acceptors (Lipinski definition) is 5. The number of aliphatic carboxylic acids is 1. The molecule has 1 aliphatic rings. The second kappa shape index (κ2) is 15.6. The topological polar surface area (TPSA) is 163 Å². The number of aromatic amines is 1. The number of hydrogen-bond donors (Lipinski definition) is 6. The fourth-order valence-corrected chi connectivity index (χ4v) is 5.24. The number of carbonyl (C=O) groups is 3. The third-order valence-electron chi connectivity index (χ3n) is 6.97. The standard InChI is InChI=1S/C28H37Cl2N5O5/c29-20-14-18(26-19-16-35(24(38)17-36)13-10-22(19)34-28(26)27(20)30)21(31)9-12-32-15-23(37)33-11-7-5-3-1-2-4-6-8-25(39)40/h9,12,14,34,36H,1-8,10-11,13,15-17,31H2,(H,33,37)(H,39,40)/p+1/b21-9-,32-12?. The molecule has 0 fully saturated rings. The highest BCUT2D eigenvalue weighted by atomic mass is 35.5. The number of nitrogens with one attached hydrogen (secondary N) is 3. The van der Waals surface area contributed by atoms with E-state index in [0.29, 0.717) is 52.9 Å². The van der Waals surface area contributed by atoms with Crippen LogP contribution in [-0.4, -0.2) is 70.3 Å². The first kappa shape index (κ1) is 31.4. The zero-order valence-electron chi connectivity index (χ0n) is 22.5. The minimum Gasteiger partial charge on any atom is -0.481 e. The molecule has 0 spiro atoms. The predicted molar refractivity (Wildman–Crippen MR) is 156 cm³/mol. The number of allylic oxidation sites excluding steroid dienone is 1. The molecule has 0 unspecified atom stereocenters. The van der Waals surface area contributed by atoms with E-state index in [0.717, 1.165) is 61.6 Å². The van der Waals surface area contributed by atoms with Gasteiger partial charge in [-0.25, -0.2) is 4.99 Å². The normalized spacial score (nSPS) is 13.7. The average Bonchev–Trinajstić information content (AvgIpc) is 3.32. The van der Waals surface area contributed by atoms with Crippen molar-refractivity contribution in [3.05, 3.63) is 39.0 Å². The number of benzene rings is 1. The lowest BCUT2D eigenvalue weighted by atomic mass is 9.99. The van der Waals surface area contributed by atoms with Gasteiger partial charge in [-0.2, -0.15) is 0 Å². The van der Waals surface area contributed by atoms with Crippen LogP contribution in [0.2, 0.25) is 10.0 Å². The van der Waals surface area contributed by atoms with E-state index in [1.54, 1.807) is 23.3 Å². The molecule has 2 amide bonds. The Bertz CT molecular complexity index is 1270. The quantitative estimate of drug-likeness (QED) is 0.137. The molecule has 3 rings (SSSR count). The maximum atomic E-state index is 12.1. The summed E-state index contributed by atoms with van der Waals surface area (Å²) < 4.78 is 0. The van der Waals surface area contributed by atoms with Gasteiger partial charge in [-0.3, -0.25) is 14.4 Å². The van der Waals surface area contributed by atoms with E-state index in [2.05, 4.69) is 15.3 Å². The van der Waals surface area contributed by atoms with Crippen molar-refractivity contribution in [1.29, 1.82) is 0 Å². The lowest BCUT2D eigenvalue weighted by Crippen LogP contribution is -2.72. The summed E-state index contributed by atoms with van der Waals surface area (Å²) in [6.07, 6.45) is 10.9. The van der Waals surface area contributed by atoms with Gasteiger partial charge in [0.25, 0.3) is 5.91 Å². The van der Waals surface area contributed by atoms with Crippen LogP contribution in [0, 0.1) is 0 Å². The Morgan fingerprint density at radius 1 is 1.12 bits per heavy atom. The summed E-state index contributed by atoms with van der Waals surface area (Å²) in [5, 5.41) is 22.3. The van der Waals surface area contributed by atoms with Crippen LogP contribution in [0.5, 0.6) is 0 Å². The highest BCUT2D eigenvalue weighted by Crippen LogP contribution is 2.39. The number of nitrogens with two attached hydrogens (primary N) is 1. The number of H-pyrrole nitrogens is 1. The molecule has 0 radical (unpaired) electrons. The molecule has 1 aliphatic heterocycles. The molecule has 0 bridgehead atoms. The van der Waals surface area contributed by atoms with Gasteiger partial charge in [-0.1, -0.05) is 55.3 Å². The van der Waals surface area contributed by atoms with Crippen LogP contribution in [0.4, 0.5) is 0 Å². The van der Waals surface area contributed by atoms with Crippen molar-refractivity contribution in [2.24, 2.45) is 5.73 Å². The molecule has 10 nitrogen and oxygen atoms in total. The summed E-state index contributed by atoms with van der Waals surface area (Å²) in [6.45, 7) is 0.961. The number of nitrogens with zero attached hydrogens (tertiary/aromatic N) is 1. The van der Waals surface area contributed by atoms with Gasteiger partial charge in [0.05, 0.1) is 15.6 Å². The molecule has 0 aliphatic carbocycles. The van der Waals surface area contributed by atoms with E-state index in [4.69, 9.17) is 34.0 Å². The van der Waals surface area contributed by atoms with E-state index in [1.807, 2.05) is 0 Å². The van der Waals surface area contributed by atoms with Crippen molar-refractivity contribution in [3.8, 4) is 0 Å². The summed E-state index contributed by atoms with van der Waals surface area (Å²) in [7, 11) is 0. The van der Waals surface area contributed by atoms with Crippen molar-refractivity contribution in [2.45, 2.75) is 64.3 Å². The van der Waals surface area contributed by atoms with Crippen LogP contribution in [-0.2, 0) is 27.3 Å². The summed E-state index contributed by atoms with van der Waals surface area (Å²) in [6, 6.07) is 1.69. The molecule has 1 aromatic carbocycles. The summed E-state index contributed by atoms with van der Waals surface area (Å²) >= 11 is 12.9. The zero-order valence-corrected chi connectivity index (χ0v) is 24.0. The van der Waals surface area contributed by atoms with Gasteiger partial charge >= 0.3 is 5.97 Å². The molecular formula is C28H38Cl2N5O5+. The lowest BCUT2D eigenvalue weighted by Gasteiger charge is -2.27. The molecule has 0 saturated heterocycles. The summed E-state index contributed by atoms with van der Waals surface area (Å²) in [5.74, 6) is -1.20. The zero-order chi connectivity index (χ0) is 29.1. The van der Waals surface area contributed by atoms with E-state index in [-0.39, 0.29) is 24.8 Å². The van der Waals surface area contributed by atoms with Gasteiger partial charge in [0.1, 0.15) is 6.61 Å². The summed E-state index contributed by atoms with van der Waals surface area (Å²) in [5.41, 5.74) is 9.97. The van der Waals surface area contributed by atoms with Crippen LogP contribution < -0.4 is 16.0 Å². The average molecular weight is 596 g/mol. The fraction of sp³-hybridized carbons (Fsp3) is 0.500. The molecule has 1 aromatic heterocycles. The Labute approximate surface area is 243 Å².